The smallest absolute Gasteiger partial charge is 0.145 e. The summed E-state index contributed by atoms with van der Waals surface area (Å²) in [5.41, 5.74) is 7.95. The van der Waals surface area contributed by atoms with Gasteiger partial charge in [-0.1, -0.05) is 0 Å². The lowest BCUT2D eigenvalue weighted by Gasteiger charge is -2.17. The average Bonchev–Trinajstić information content (AvgIpc) is 2.59. The highest BCUT2D eigenvalue weighted by Gasteiger charge is 2.23. The van der Waals surface area contributed by atoms with Crippen LogP contribution in [0.25, 0.3) is 0 Å². The fourth-order valence-electron chi connectivity index (χ4n) is 1.97. The molecule has 4 nitrogen and oxygen atoms in total. The molecule has 0 spiro atoms. The third-order valence-electron chi connectivity index (χ3n) is 3.09. The minimum absolute atomic E-state index is 0.258. The number of nitrogens with zero attached hydrogens (tertiary/aromatic N) is 2. The maximum absolute atomic E-state index is 5.98. The number of hydrogen-bond acceptors (Lipinski definition) is 4. The van der Waals surface area contributed by atoms with Crippen LogP contribution < -0.4 is 11.1 Å². The van der Waals surface area contributed by atoms with Gasteiger partial charge in [0.05, 0.1) is 17.6 Å². The first kappa shape index (κ1) is 10.4. The van der Waals surface area contributed by atoms with E-state index in [1.165, 1.54) is 6.42 Å². The molecule has 4 heteroatoms. The van der Waals surface area contributed by atoms with E-state index < -0.39 is 0 Å². The number of anilines is 1. The predicted octanol–water partition coefficient (Wildman–Crippen LogP) is 1.39. The van der Waals surface area contributed by atoms with Gasteiger partial charge >= 0.3 is 0 Å². The molecule has 1 heterocycles. The Hall–Kier alpha value is -1.16. The van der Waals surface area contributed by atoms with Crippen molar-refractivity contribution in [3.63, 3.8) is 0 Å². The quantitative estimate of drug-likeness (QED) is 0.767. The van der Waals surface area contributed by atoms with Crippen LogP contribution >= 0.6 is 0 Å². The van der Waals surface area contributed by atoms with Gasteiger partial charge in [-0.05, 0) is 33.1 Å². The monoisotopic (exact) mass is 206 g/mol. The molecule has 1 aliphatic carbocycles. The first-order valence-electron chi connectivity index (χ1n) is 5.49. The van der Waals surface area contributed by atoms with Crippen molar-refractivity contribution in [2.24, 2.45) is 5.73 Å². The van der Waals surface area contributed by atoms with E-state index in [-0.39, 0.29) is 6.04 Å². The third-order valence-corrected chi connectivity index (χ3v) is 3.09. The summed E-state index contributed by atoms with van der Waals surface area (Å²) < 4.78 is 0. The van der Waals surface area contributed by atoms with Crippen molar-refractivity contribution < 1.29 is 0 Å². The lowest BCUT2D eigenvalue weighted by Crippen LogP contribution is -2.35. The van der Waals surface area contributed by atoms with Crippen LogP contribution in [0.4, 0.5) is 5.82 Å². The van der Waals surface area contributed by atoms with E-state index in [1.54, 1.807) is 6.20 Å². The van der Waals surface area contributed by atoms with Crippen LogP contribution in [0.1, 0.15) is 30.7 Å². The standard InChI is InChI=1S/C11H18N4/c1-7-8(2)14-11(6-13-7)15-10-5-3-4-9(10)12/h6,9-10H,3-5,12H2,1-2H3,(H,14,15). The Morgan fingerprint density at radius 2 is 2.13 bits per heavy atom. The minimum Gasteiger partial charge on any atom is -0.364 e. The molecule has 2 atom stereocenters. The van der Waals surface area contributed by atoms with E-state index in [0.29, 0.717) is 6.04 Å². The summed E-state index contributed by atoms with van der Waals surface area (Å²) in [5, 5.41) is 3.36. The molecule has 2 rings (SSSR count). The summed E-state index contributed by atoms with van der Waals surface area (Å²) in [6.45, 7) is 3.94. The second kappa shape index (κ2) is 4.14. The summed E-state index contributed by atoms with van der Waals surface area (Å²) >= 11 is 0. The van der Waals surface area contributed by atoms with Crippen molar-refractivity contribution >= 4 is 5.82 Å². The number of nitrogens with one attached hydrogen (secondary N) is 1. The summed E-state index contributed by atoms with van der Waals surface area (Å²) in [7, 11) is 0. The zero-order valence-corrected chi connectivity index (χ0v) is 9.33. The molecule has 0 amide bonds. The normalized spacial score (nSPS) is 25.5. The molecule has 1 aromatic heterocycles. The fraction of sp³-hybridized carbons (Fsp3) is 0.636. The van der Waals surface area contributed by atoms with E-state index in [1.807, 2.05) is 13.8 Å². The Morgan fingerprint density at radius 3 is 2.73 bits per heavy atom. The second-order valence-corrected chi connectivity index (χ2v) is 4.27. The molecule has 1 aromatic rings. The summed E-state index contributed by atoms with van der Waals surface area (Å²) in [6.07, 6.45) is 5.23. The van der Waals surface area contributed by atoms with E-state index in [2.05, 4.69) is 15.3 Å². The number of aromatic nitrogens is 2. The lowest BCUT2D eigenvalue weighted by molar-refractivity contribution is 0.635. The largest absolute Gasteiger partial charge is 0.364 e. The Labute approximate surface area is 90.3 Å². The minimum atomic E-state index is 0.258. The van der Waals surface area contributed by atoms with Crippen molar-refractivity contribution in [3.8, 4) is 0 Å². The van der Waals surface area contributed by atoms with Gasteiger partial charge in [-0.3, -0.25) is 4.98 Å². The molecule has 0 radical (unpaired) electrons. The van der Waals surface area contributed by atoms with Crippen molar-refractivity contribution in [2.75, 3.05) is 5.32 Å². The van der Waals surface area contributed by atoms with Crippen LogP contribution in [0, 0.1) is 13.8 Å². The molecule has 15 heavy (non-hydrogen) atoms. The van der Waals surface area contributed by atoms with Gasteiger partial charge < -0.3 is 11.1 Å². The van der Waals surface area contributed by atoms with Gasteiger partial charge in [0.2, 0.25) is 0 Å². The molecular formula is C11H18N4. The van der Waals surface area contributed by atoms with Gasteiger partial charge in [-0.25, -0.2) is 4.98 Å². The molecule has 82 valence electrons. The number of rotatable bonds is 2. The molecule has 1 aliphatic rings. The Kier molecular flexibility index (Phi) is 2.86. The number of nitrogens with two attached hydrogens (primary N) is 1. The van der Waals surface area contributed by atoms with Gasteiger partial charge in [0.15, 0.2) is 0 Å². The van der Waals surface area contributed by atoms with E-state index in [9.17, 15) is 0 Å². The van der Waals surface area contributed by atoms with Crippen LogP contribution in [-0.2, 0) is 0 Å². The highest BCUT2D eigenvalue weighted by Crippen LogP contribution is 2.20. The van der Waals surface area contributed by atoms with Crippen LogP contribution in [0.5, 0.6) is 0 Å². The van der Waals surface area contributed by atoms with Crippen LogP contribution in [-0.4, -0.2) is 22.1 Å². The predicted molar refractivity (Wildman–Crippen MR) is 60.7 cm³/mol. The maximum Gasteiger partial charge on any atom is 0.145 e. The molecular weight excluding hydrogens is 188 g/mol. The van der Waals surface area contributed by atoms with Gasteiger partial charge in [-0.2, -0.15) is 0 Å². The zero-order chi connectivity index (χ0) is 10.8. The summed E-state index contributed by atoms with van der Waals surface area (Å²) in [4.78, 5) is 8.72. The van der Waals surface area contributed by atoms with Crippen molar-refractivity contribution in [1.82, 2.24) is 9.97 Å². The number of aryl methyl sites for hydroxylation is 2. The first-order chi connectivity index (χ1) is 7.16. The van der Waals surface area contributed by atoms with E-state index in [4.69, 9.17) is 5.73 Å². The van der Waals surface area contributed by atoms with E-state index >= 15 is 0 Å². The van der Waals surface area contributed by atoms with Crippen molar-refractivity contribution in [2.45, 2.75) is 45.2 Å². The Morgan fingerprint density at radius 1 is 1.33 bits per heavy atom. The zero-order valence-electron chi connectivity index (χ0n) is 9.33. The molecule has 2 unspecified atom stereocenters. The SMILES string of the molecule is Cc1ncc(NC2CCCC2N)nc1C. The maximum atomic E-state index is 5.98. The Bertz CT molecular complexity index is 350. The third kappa shape index (κ3) is 2.26. The molecule has 0 bridgehead atoms. The molecule has 3 N–H and O–H groups in total. The van der Waals surface area contributed by atoms with Gasteiger partial charge in [-0.15, -0.1) is 0 Å². The fourth-order valence-corrected chi connectivity index (χ4v) is 1.97. The first-order valence-corrected chi connectivity index (χ1v) is 5.49. The molecule has 0 aromatic carbocycles. The topological polar surface area (TPSA) is 63.8 Å². The van der Waals surface area contributed by atoms with Crippen LogP contribution in [0.15, 0.2) is 6.20 Å². The molecule has 1 fully saturated rings. The number of hydrogen-bond donors (Lipinski definition) is 2. The Balaban J connectivity index is 2.07. The van der Waals surface area contributed by atoms with Crippen molar-refractivity contribution in [3.05, 3.63) is 17.6 Å². The molecule has 0 aliphatic heterocycles. The molecule has 0 saturated heterocycles. The highest BCUT2D eigenvalue weighted by molar-refractivity contribution is 5.35. The summed E-state index contributed by atoms with van der Waals surface area (Å²) in [6, 6.07) is 0.620. The van der Waals surface area contributed by atoms with Crippen LogP contribution in [0.2, 0.25) is 0 Å². The van der Waals surface area contributed by atoms with Gasteiger partial charge in [0, 0.05) is 12.1 Å². The highest BCUT2D eigenvalue weighted by atomic mass is 15.1. The summed E-state index contributed by atoms with van der Waals surface area (Å²) in [5.74, 6) is 0.848. The van der Waals surface area contributed by atoms with Gasteiger partial charge in [0.25, 0.3) is 0 Å². The van der Waals surface area contributed by atoms with E-state index in [0.717, 1.165) is 30.0 Å². The second-order valence-electron chi connectivity index (χ2n) is 4.27. The lowest BCUT2D eigenvalue weighted by atomic mass is 10.2. The van der Waals surface area contributed by atoms with Crippen molar-refractivity contribution in [1.29, 1.82) is 0 Å². The average molecular weight is 206 g/mol. The van der Waals surface area contributed by atoms with Gasteiger partial charge in [0.1, 0.15) is 5.82 Å². The molecule has 1 saturated carbocycles. The van der Waals surface area contributed by atoms with Crippen LogP contribution in [0.3, 0.4) is 0 Å².